The molecular weight excluding hydrogens is 280 g/mol. The molecule has 0 saturated carbocycles. The molecule has 0 unspecified atom stereocenters. The molecule has 0 atom stereocenters. The molecule has 0 aromatic heterocycles. The first-order chi connectivity index (χ1) is 10.1. The number of rotatable bonds is 6. The van der Waals surface area contributed by atoms with Gasteiger partial charge in [0.05, 0.1) is 12.1 Å². The smallest absolute Gasteiger partial charge is 0.129 e. The van der Waals surface area contributed by atoms with Crippen LogP contribution in [-0.4, -0.2) is 25.2 Å². The van der Waals surface area contributed by atoms with Crippen molar-refractivity contribution < 1.29 is 4.74 Å². The van der Waals surface area contributed by atoms with Gasteiger partial charge in [-0.1, -0.05) is 36.5 Å². The molecule has 0 aliphatic carbocycles. The zero-order valence-electron chi connectivity index (χ0n) is 12.4. The minimum absolute atomic E-state index is 0.359. The van der Waals surface area contributed by atoms with Crippen LogP contribution >= 0.6 is 12.2 Å². The standard InChI is InChI=1S/C17H20N2OS/c1-13-6-5-7-14(12-13)19(2)10-11-20-16-9-4-3-8-15(16)17(18)21/h3-9,12H,10-11H2,1-2H3,(H2,18,21). The van der Waals surface area contributed by atoms with Gasteiger partial charge in [0.2, 0.25) is 0 Å². The molecule has 0 bridgehead atoms. The molecule has 2 aromatic rings. The van der Waals surface area contributed by atoms with Crippen molar-refractivity contribution in [2.24, 2.45) is 5.73 Å². The molecule has 2 aromatic carbocycles. The molecule has 0 amide bonds. The van der Waals surface area contributed by atoms with E-state index in [0.29, 0.717) is 11.6 Å². The van der Waals surface area contributed by atoms with Gasteiger partial charge in [-0.15, -0.1) is 0 Å². The van der Waals surface area contributed by atoms with Crippen LogP contribution in [0.4, 0.5) is 5.69 Å². The number of thiocarbonyl (C=S) groups is 1. The average Bonchev–Trinajstić information content (AvgIpc) is 2.47. The lowest BCUT2D eigenvalue weighted by atomic mass is 10.2. The quantitative estimate of drug-likeness (QED) is 0.832. The Morgan fingerprint density at radius 2 is 1.95 bits per heavy atom. The van der Waals surface area contributed by atoms with Crippen LogP contribution in [0.2, 0.25) is 0 Å². The number of hydrogen-bond acceptors (Lipinski definition) is 3. The molecule has 0 aliphatic rings. The van der Waals surface area contributed by atoms with Gasteiger partial charge in [-0.2, -0.15) is 0 Å². The third-order valence-electron chi connectivity index (χ3n) is 3.28. The number of para-hydroxylation sites is 1. The first-order valence-electron chi connectivity index (χ1n) is 6.87. The highest BCUT2D eigenvalue weighted by Crippen LogP contribution is 2.18. The summed E-state index contributed by atoms with van der Waals surface area (Å²) in [7, 11) is 2.05. The second kappa shape index (κ2) is 7.09. The zero-order valence-corrected chi connectivity index (χ0v) is 13.2. The van der Waals surface area contributed by atoms with Gasteiger partial charge in [-0.3, -0.25) is 0 Å². The van der Waals surface area contributed by atoms with E-state index in [4.69, 9.17) is 22.7 Å². The zero-order chi connectivity index (χ0) is 15.2. The highest BCUT2D eigenvalue weighted by atomic mass is 32.1. The lowest BCUT2D eigenvalue weighted by Crippen LogP contribution is -2.24. The van der Waals surface area contributed by atoms with Crippen molar-refractivity contribution in [3.63, 3.8) is 0 Å². The highest BCUT2D eigenvalue weighted by Gasteiger charge is 2.06. The Balaban J connectivity index is 1.94. The normalized spacial score (nSPS) is 10.2. The van der Waals surface area contributed by atoms with Crippen molar-refractivity contribution >= 4 is 22.9 Å². The van der Waals surface area contributed by atoms with E-state index in [0.717, 1.165) is 17.9 Å². The molecule has 2 rings (SSSR count). The molecule has 2 N–H and O–H groups in total. The largest absolute Gasteiger partial charge is 0.491 e. The van der Waals surface area contributed by atoms with Crippen molar-refractivity contribution in [2.45, 2.75) is 6.92 Å². The van der Waals surface area contributed by atoms with Crippen molar-refractivity contribution in [2.75, 3.05) is 25.1 Å². The Hall–Kier alpha value is -2.07. The number of anilines is 1. The maximum absolute atomic E-state index is 5.81. The number of ether oxygens (including phenoxy) is 1. The van der Waals surface area contributed by atoms with Gasteiger partial charge in [0.1, 0.15) is 17.3 Å². The van der Waals surface area contributed by atoms with E-state index in [1.165, 1.54) is 11.3 Å². The monoisotopic (exact) mass is 300 g/mol. The van der Waals surface area contributed by atoms with E-state index in [1.807, 2.05) is 24.3 Å². The summed E-state index contributed by atoms with van der Waals surface area (Å²) in [5.41, 5.74) is 8.91. The molecule has 0 spiro atoms. The molecule has 4 heteroatoms. The Labute approximate surface area is 131 Å². The Morgan fingerprint density at radius 1 is 1.19 bits per heavy atom. The maximum atomic E-state index is 5.81. The molecule has 110 valence electrons. The Kier molecular flexibility index (Phi) is 5.17. The number of hydrogen-bond donors (Lipinski definition) is 1. The fourth-order valence-corrected chi connectivity index (χ4v) is 2.25. The summed E-state index contributed by atoms with van der Waals surface area (Å²) in [5, 5.41) is 0. The number of nitrogens with two attached hydrogens (primary N) is 1. The SMILES string of the molecule is Cc1cccc(N(C)CCOc2ccccc2C(N)=S)c1. The van der Waals surface area contributed by atoms with Gasteiger partial charge in [-0.25, -0.2) is 0 Å². The Bertz CT molecular complexity index is 628. The fraction of sp³-hybridized carbons (Fsp3) is 0.235. The van der Waals surface area contributed by atoms with Gasteiger partial charge in [-0.05, 0) is 36.8 Å². The van der Waals surface area contributed by atoms with E-state index in [-0.39, 0.29) is 0 Å². The van der Waals surface area contributed by atoms with E-state index < -0.39 is 0 Å². The second-order valence-electron chi connectivity index (χ2n) is 4.97. The molecule has 21 heavy (non-hydrogen) atoms. The average molecular weight is 300 g/mol. The molecule has 0 aliphatic heterocycles. The van der Waals surface area contributed by atoms with Gasteiger partial charge in [0.25, 0.3) is 0 Å². The summed E-state index contributed by atoms with van der Waals surface area (Å²) < 4.78 is 5.81. The summed E-state index contributed by atoms with van der Waals surface area (Å²) in [6.07, 6.45) is 0. The predicted octanol–water partition coefficient (Wildman–Crippen LogP) is 3.14. The van der Waals surface area contributed by atoms with Crippen LogP contribution in [0.25, 0.3) is 0 Å². The third-order valence-corrected chi connectivity index (χ3v) is 3.50. The maximum Gasteiger partial charge on any atom is 0.129 e. The summed E-state index contributed by atoms with van der Waals surface area (Å²) in [6, 6.07) is 16.0. The van der Waals surface area contributed by atoms with Crippen molar-refractivity contribution in [3.8, 4) is 5.75 Å². The van der Waals surface area contributed by atoms with E-state index in [1.54, 1.807) is 0 Å². The molecule has 0 fully saturated rings. The first-order valence-corrected chi connectivity index (χ1v) is 7.28. The fourth-order valence-electron chi connectivity index (χ4n) is 2.08. The summed E-state index contributed by atoms with van der Waals surface area (Å²) in [4.78, 5) is 2.52. The van der Waals surface area contributed by atoms with Gasteiger partial charge < -0.3 is 15.4 Å². The predicted molar refractivity (Wildman–Crippen MR) is 92.3 cm³/mol. The Morgan fingerprint density at radius 3 is 2.67 bits per heavy atom. The number of likely N-dealkylation sites (N-methyl/N-ethyl adjacent to an activating group) is 1. The lowest BCUT2D eigenvalue weighted by Gasteiger charge is -2.20. The van der Waals surface area contributed by atoms with E-state index in [2.05, 4.69) is 43.1 Å². The second-order valence-corrected chi connectivity index (χ2v) is 5.41. The van der Waals surface area contributed by atoms with Crippen molar-refractivity contribution in [1.29, 1.82) is 0 Å². The van der Waals surface area contributed by atoms with Crippen LogP contribution in [0.3, 0.4) is 0 Å². The van der Waals surface area contributed by atoms with Crippen LogP contribution in [0.1, 0.15) is 11.1 Å². The topological polar surface area (TPSA) is 38.5 Å². The van der Waals surface area contributed by atoms with Crippen LogP contribution in [0.5, 0.6) is 5.75 Å². The van der Waals surface area contributed by atoms with Gasteiger partial charge in [0.15, 0.2) is 0 Å². The minimum Gasteiger partial charge on any atom is -0.491 e. The third kappa shape index (κ3) is 4.20. The molecule has 0 heterocycles. The van der Waals surface area contributed by atoms with Crippen LogP contribution in [-0.2, 0) is 0 Å². The van der Waals surface area contributed by atoms with E-state index >= 15 is 0 Å². The van der Waals surface area contributed by atoms with Crippen LogP contribution in [0, 0.1) is 6.92 Å². The van der Waals surface area contributed by atoms with E-state index in [9.17, 15) is 0 Å². The van der Waals surface area contributed by atoms with Crippen molar-refractivity contribution in [1.82, 2.24) is 0 Å². The minimum atomic E-state index is 0.359. The molecular formula is C17H20N2OS. The first kappa shape index (κ1) is 15.3. The van der Waals surface area contributed by atoms with Crippen LogP contribution < -0.4 is 15.4 Å². The number of nitrogens with zero attached hydrogens (tertiary/aromatic N) is 1. The molecule has 3 nitrogen and oxygen atoms in total. The van der Waals surface area contributed by atoms with Crippen molar-refractivity contribution in [3.05, 3.63) is 59.7 Å². The summed E-state index contributed by atoms with van der Waals surface area (Å²) in [5.74, 6) is 0.739. The highest BCUT2D eigenvalue weighted by molar-refractivity contribution is 7.80. The lowest BCUT2D eigenvalue weighted by molar-refractivity contribution is 0.325. The van der Waals surface area contributed by atoms with Gasteiger partial charge in [0, 0.05) is 12.7 Å². The number of benzene rings is 2. The summed E-state index contributed by atoms with van der Waals surface area (Å²) >= 11 is 5.03. The molecule has 0 radical (unpaired) electrons. The van der Waals surface area contributed by atoms with Crippen LogP contribution in [0.15, 0.2) is 48.5 Å². The van der Waals surface area contributed by atoms with Gasteiger partial charge >= 0.3 is 0 Å². The molecule has 0 saturated heterocycles. The number of aryl methyl sites for hydroxylation is 1. The summed E-state index contributed by atoms with van der Waals surface area (Å²) in [6.45, 7) is 3.45.